The Morgan fingerprint density at radius 1 is 1.24 bits per heavy atom. The predicted octanol–water partition coefficient (Wildman–Crippen LogP) is 0.892. The maximum Gasteiger partial charge on any atom is 0.220 e. The highest BCUT2D eigenvalue weighted by molar-refractivity contribution is 5.77. The molecular formula is C13H25N3O. The van der Waals surface area contributed by atoms with Crippen molar-refractivity contribution in [1.29, 1.82) is 0 Å². The first-order chi connectivity index (χ1) is 8.15. The van der Waals surface area contributed by atoms with E-state index in [4.69, 9.17) is 11.5 Å². The molecule has 0 aromatic heterocycles. The monoisotopic (exact) mass is 239 g/mol. The number of hydrogen-bond donors (Lipinski definition) is 3. The summed E-state index contributed by atoms with van der Waals surface area (Å²) >= 11 is 0. The van der Waals surface area contributed by atoms with Crippen LogP contribution in [0.2, 0.25) is 0 Å². The maximum absolute atomic E-state index is 12.0. The van der Waals surface area contributed by atoms with E-state index >= 15 is 0 Å². The van der Waals surface area contributed by atoms with E-state index in [0.29, 0.717) is 18.9 Å². The van der Waals surface area contributed by atoms with Crippen molar-refractivity contribution in [2.45, 2.75) is 62.9 Å². The van der Waals surface area contributed by atoms with Crippen LogP contribution in [-0.4, -0.2) is 24.0 Å². The van der Waals surface area contributed by atoms with Gasteiger partial charge in [0, 0.05) is 19.0 Å². The standard InChI is InChI=1S/C13H25N3O/c14-9-13(6-1-2-7-13)16-12(17)8-10-4-3-5-11(10)15/h10-11H,1-9,14-15H2,(H,16,17)/t10-,11+/m0/s1. The molecule has 4 heteroatoms. The Morgan fingerprint density at radius 2 is 1.94 bits per heavy atom. The first kappa shape index (κ1) is 12.8. The number of hydrogen-bond acceptors (Lipinski definition) is 3. The summed E-state index contributed by atoms with van der Waals surface area (Å²) in [7, 11) is 0. The molecule has 0 saturated heterocycles. The van der Waals surface area contributed by atoms with Crippen LogP contribution < -0.4 is 16.8 Å². The number of carbonyl (C=O) groups excluding carboxylic acids is 1. The lowest BCUT2D eigenvalue weighted by atomic mass is 9.95. The molecule has 0 bridgehead atoms. The quantitative estimate of drug-likeness (QED) is 0.681. The molecule has 2 rings (SSSR count). The number of amides is 1. The molecule has 0 radical (unpaired) electrons. The average molecular weight is 239 g/mol. The minimum absolute atomic E-state index is 0.111. The largest absolute Gasteiger partial charge is 0.349 e. The highest BCUT2D eigenvalue weighted by atomic mass is 16.1. The van der Waals surface area contributed by atoms with E-state index in [1.165, 1.54) is 19.3 Å². The van der Waals surface area contributed by atoms with Gasteiger partial charge in [-0.05, 0) is 31.6 Å². The molecule has 0 aromatic carbocycles. The van der Waals surface area contributed by atoms with Crippen LogP contribution in [0.1, 0.15) is 51.4 Å². The van der Waals surface area contributed by atoms with E-state index in [1.54, 1.807) is 0 Å². The van der Waals surface area contributed by atoms with E-state index < -0.39 is 0 Å². The summed E-state index contributed by atoms with van der Waals surface area (Å²) in [5.74, 6) is 0.533. The number of nitrogens with two attached hydrogens (primary N) is 2. The highest BCUT2D eigenvalue weighted by Gasteiger charge is 2.35. The Balaban J connectivity index is 1.83. The van der Waals surface area contributed by atoms with Crippen molar-refractivity contribution in [2.24, 2.45) is 17.4 Å². The van der Waals surface area contributed by atoms with Gasteiger partial charge in [-0.3, -0.25) is 4.79 Å². The molecule has 0 unspecified atom stereocenters. The zero-order valence-electron chi connectivity index (χ0n) is 10.6. The Morgan fingerprint density at radius 3 is 2.47 bits per heavy atom. The minimum atomic E-state index is -0.111. The molecule has 0 spiro atoms. The lowest BCUT2D eigenvalue weighted by molar-refractivity contribution is -0.123. The van der Waals surface area contributed by atoms with E-state index in [-0.39, 0.29) is 17.5 Å². The summed E-state index contributed by atoms with van der Waals surface area (Å²) in [6.45, 7) is 0.565. The van der Waals surface area contributed by atoms with Crippen molar-refractivity contribution in [2.75, 3.05) is 6.54 Å². The molecule has 2 atom stereocenters. The van der Waals surface area contributed by atoms with Crippen LogP contribution in [-0.2, 0) is 4.79 Å². The van der Waals surface area contributed by atoms with Gasteiger partial charge in [0.2, 0.25) is 5.91 Å². The fraction of sp³-hybridized carbons (Fsp3) is 0.923. The molecule has 0 heterocycles. The van der Waals surface area contributed by atoms with Crippen LogP contribution in [0.4, 0.5) is 0 Å². The second-order valence-corrected chi connectivity index (χ2v) is 5.80. The Bertz CT molecular complexity index is 274. The van der Waals surface area contributed by atoms with Crippen LogP contribution in [0.25, 0.3) is 0 Å². The molecular weight excluding hydrogens is 214 g/mol. The summed E-state index contributed by atoms with van der Waals surface area (Å²) < 4.78 is 0. The van der Waals surface area contributed by atoms with E-state index in [1.807, 2.05) is 0 Å². The summed E-state index contributed by atoms with van der Waals surface area (Å²) in [6, 6.07) is 0.221. The zero-order chi connectivity index (χ0) is 12.3. The van der Waals surface area contributed by atoms with E-state index in [2.05, 4.69) is 5.32 Å². The molecule has 2 aliphatic rings. The minimum Gasteiger partial charge on any atom is -0.349 e. The lowest BCUT2D eigenvalue weighted by Crippen LogP contribution is -2.52. The summed E-state index contributed by atoms with van der Waals surface area (Å²) in [6.07, 6.45) is 8.35. The molecule has 98 valence electrons. The van der Waals surface area contributed by atoms with Gasteiger partial charge in [0.1, 0.15) is 0 Å². The summed E-state index contributed by atoms with van der Waals surface area (Å²) in [5, 5.41) is 3.17. The van der Waals surface area contributed by atoms with Gasteiger partial charge in [0.25, 0.3) is 0 Å². The Kier molecular flexibility index (Phi) is 4.05. The van der Waals surface area contributed by atoms with Crippen molar-refractivity contribution < 1.29 is 4.79 Å². The molecule has 1 amide bonds. The number of nitrogens with one attached hydrogen (secondary N) is 1. The molecule has 2 fully saturated rings. The number of rotatable bonds is 4. The summed E-state index contributed by atoms with van der Waals surface area (Å²) in [4.78, 5) is 12.0. The zero-order valence-corrected chi connectivity index (χ0v) is 10.6. The van der Waals surface area contributed by atoms with Crippen LogP contribution in [0.5, 0.6) is 0 Å². The molecule has 0 aromatic rings. The second-order valence-electron chi connectivity index (χ2n) is 5.80. The molecule has 2 saturated carbocycles. The summed E-state index contributed by atoms with van der Waals surface area (Å²) in [5.41, 5.74) is 11.7. The van der Waals surface area contributed by atoms with Crippen molar-refractivity contribution >= 4 is 5.91 Å². The predicted molar refractivity (Wildman–Crippen MR) is 68.3 cm³/mol. The van der Waals surface area contributed by atoms with Crippen molar-refractivity contribution in [1.82, 2.24) is 5.32 Å². The van der Waals surface area contributed by atoms with Gasteiger partial charge in [-0.25, -0.2) is 0 Å². The Hall–Kier alpha value is -0.610. The van der Waals surface area contributed by atoms with Crippen LogP contribution >= 0.6 is 0 Å². The molecule has 17 heavy (non-hydrogen) atoms. The lowest BCUT2D eigenvalue weighted by Gasteiger charge is -2.29. The van der Waals surface area contributed by atoms with Gasteiger partial charge in [-0.1, -0.05) is 19.3 Å². The smallest absolute Gasteiger partial charge is 0.220 e. The fourth-order valence-corrected chi connectivity index (χ4v) is 3.34. The van der Waals surface area contributed by atoms with Gasteiger partial charge < -0.3 is 16.8 Å². The fourth-order valence-electron chi connectivity index (χ4n) is 3.34. The first-order valence-electron chi connectivity index (χ1n) is 6.92. The van der Waals surface area contributed by atoms with Crippen LogP contribution in [0.3, 0.4) is 0 Å². The van der Waals surface area contributed by atoms with Gasteiger partial charge in [0.05, 0.1) is 5.54 Å². The topological polar surface area (TPSA) is 81.1 Å². The van der Waals surface area contributed by atoms with Gasteiger partial charge in [-0.2, -0.15) is 0 Å². The van der Waals surface area contributed by atoms with Crippen LogP contribution in [0.15, 0.2) is 0 Å². The second kappa shape index (κ2) is 5.36. The van der Waals surface area contributed by atoms with Gasteiger partial charge in [-0.15, -0.1) is 0 Å². The molecule has 4 nitrogen and oxygen atoms in total. The van der Waals surface area contributed by atoms with Crippen molar-refractivity contribution in [3.63, 3.8) is 0 Å². The van der Waals surface area contributed by atoms with Crippen molar-refractivity contribution in [3.05, 3.63) is 0 Å². The van der Waals surface area contributed by atoms with Crippen molar-refractivity contribution in [3.8, 4) is 0 Å². The SMILES string of the molecule is NCC1(NC(=O)C[C@@H]2CCC[C@H]2N)CCCC1. The molecule has 2 aliphatic carbocycles. The van der Waals surface area contributed by atoms with E-state index in [0.717, 1.165) is 25.7 Å². The number of carbonyl (C=O) groups is 1. The van der Waals surface area contributed by atoms with Gasteiger partial charge in [0.15, 0.2) is 0 Å². The third-order valence-corrected chi connectivity index (χ3v) is 4.52. The van der Waals surface area contributed by atoms with Gasteiger partial charge >= 0.3 is 0 Å². The molecule has 5 N–H and O–H groups in total. The van der Waals surface area contributed by atoms with Crippen LogP contribution in [0, 0.1) is 5.92 Å². The normalized spacial score (nSPS) is 31.6. The third-order valence-electron chi connectivity index (χ3n) is 4.52. The first-order valence-corrected chi connectivity index (χ1v) is 6.92. The highest BCUT2D eigenvalue weighted by Crippen LogP contribution is 2.30. The molecule has 0 aliphatic heterocycles. The van der Waals surface area contributed by atoms with E-state index in [9.17, 15) is 4.79 Å². The Labute approximate surface area is 103 Å². The average Bonchev–Trinajstić information content (AvgIpc) is 2.90. The maximum atomic E-state index is 12.0. The third kappa shape index (κ3) is 2.99.